The van der Waals surface area contributed by atoms with Crippen LogP contribution in [0.2, 0.25) is 0 Å². The number of para-hydroxylation sites is 2. The van der Waals surface area contributed by atoms with Crippen LogP contribution in [0, 0.1) is 0 Å². The molecule has 4 rings (SSSR count). The van der Waals surface area contributed by atoms with Crippen LogP contribution in [0.5, 0.6) is 0 Å². The van der Waals surface area contributed by atoms with Crippen LogP contribution in [0.3, 0.4) is 0 Å². The van der Waals surface area contributed by atoms with E-state index < -0.39 is 9.84 Å². The molecule has 0 aliphatic heterocycles. The minimum atomic E-state index is -3.48. The van der Waals surface area contributed by atoms with Crippen molar-refractivity contribution < 1.29 is 8.42 Å². The van der Waals surface area contributed by atoms with Gasteiger partial charge >= 0.3 is 0 Å². The van der Waals surface area contributed by atoms with E-state index in [9.17, 15) is 8.42 Å². The zero-order chi connectivity index (χ0) is 15.5. The Bertz CT molecular complexity index is 1120. The minimum Gasteiger partial charge on any atom is -0.309 e. The number of fused-ring (bicyclic) bond motifs is 5. The number of nitrogens with zero attached hydrogens (tertiary/aromatic N) is 6. The van der Waals surface area contributed by atoms with Gasteiger partial charge in [-0.05, 0) is 19.1 Å². The highest BCUT2D eigenvalue weighted by molar-refractivity contribution is 7.91. The Kier molecular flexibility index (Phi) is 2.59. The Morgan fingerprint density at radius 2 is 1.77 bits per heavy atom. The average molecular weight is 318 g/mol. The van der Waals surface area contributed by atoms with Crippen LogP contribution < -0.4 is 0 Å². The molecule has 0 saturated carbocycles. The fraction of sp³-hybridized carbons (Fsp3) is 0.308. The van der Waals surface area contributed by atoms with Gasteiger partial charge in [0.25, 0.3) is 10.9 Å². The van der Waals surface area contributed by atoms with Crippen molar-refractivity contribution in [2.75, 3.05) is 5.75 Å². The SMILES string of the molecule is CCn1c2ccccc2n2c1nn1c(S(=O)(=O)CC)nnc12. The van der Waals surface area contributed by atoms with Crippen LogP contribution in [0.4, 0.5) is 0 Å². The van der Waals surface area contributed by atoms with E-state index in [2.05, 4.69) is 15.3 Å². The third kappa shape index (κ3) is 1.51. The van der Waals surface area contributed by atoms with Crippen LogP contribution in [0.1, 0.15) is 13.8 Å². The van der Waals surface area contributed by atoms with Gasteiger partial charge in [0.05, 0.1) is 16.8 Å². The van der Waals surface area contributed by atoms with Crippen LogP contribution in [-0.4, -0.2) is 42.9 Å². The van der Waals surface area contributed by atoms with E-state index in [4.69, 9.17) is 0 Å². The molecule has 3 heterocycles. The first-order valence-electron chi connectivity index (χ1n) is 7.02. The van der Waals surface area contributed by atoms with Crippen molar-refractivity contribution in [3.8, 4) is 0 Å². The van der Waals surface area contributed by atoms with E-state index in [0.29, 0.717) is 11.6 Å². The third-order valence-corrected chi connectivity index (χ3v) is 5.39. The molecule has 0 spiro atoms. The first kappa shape index (κ1) is 13.3. The van der Waals surface area contributed by atoms with Crippen molar-refractivity contribution in [1.29, 1.82) is 0 Å². The van der Waals surface area contributed by atoms with Crippen molar-refractivity contribution in [1.82, 2.24) is 28.8 Å². The summed E-state index contributed by atoms with van der Waals surface area (Å²) in [6.07, 6.45) is 0. The molecule has 0 bridgehead atoms. The summed E-state index contributed by atoms with van der Waals surface area (Å²) < 4.78 is 29.4. The maximum absolute atomic E-state index is 12.1. The predicted octanol–water partition coefficient (Wildman–Crippen LogP) is 1.15. The molecule has 0 saturated heterocycles. The summed E-state index contributed by atoms with van der Waals surface area (Å²) in [7, 11) is -3.48. The largest absolute Gasteiger partial charge is 0.309 e. The fourth-order valence-electron chi connectivity index (χ4n) is 2.72. The van der Waals surface area contributed by atoms with Gasteiger partial charge < -0.3 is 4.57 Å². The molecule has 0 radical (unpaired) electrons. The highest BCUT2D eigenvalue weighted by Gasteiger charge is 2.25. The number of aryl methyl sites for hydroxylation is 1. The molecular formula is C13H14N6O2S. The summed E-state index contributed by atoms with van der Waals surface area (Å²) in [5.74, 6) is 1.02. The number of hydrogen-bond donors (Lipinski definition) is 0. The molecule has 0 amide bonds. The lowest BCUT2D eigenvalue weighted by molar-refractivity contribution is 0.582. The molecule has 0 aliphatic carbocycles. The standard InChI is InChI=1S/C13H14N6O2S/c1-3-17-9-7-5-6-8-10(9)18-11-14-15-13(22(20,21)4-2)19(11)16-12(17)18/h5-8H,3-4H2,1-2H3. The van der Waals surface area contributed by atoms with Gasteiger partial charge in [-0.15, -0.1) is 15.3 Å². The molecule has 0 N–H and O–H groups in total. The molecule has 0 unspecified atom stereocenters. The molecule has 22 heavy (non-hydrogen) atoms. The van der Waals surface area contributed by atoms with Crippen LogP contribution in [-0.2, 0) is 16.4 Å². The van der Waals surface area contributed by atoms with Gasteiger partial charge in [-0.25, -0.2) is 12.8 Å². The van der Waals surface area contributed by atoms with Crippen molar-refractivity contribution >= 4 is 32.4 Å². The summed E-state index contributed by atoms with van der Waals surface area (Å²) in [4.78, 5) is 0. The van der Waals surface area contributed by atoms with Gasteiger partial charge in [-0.1, -0.05) is 19.1 Å². The smallest absolute Gasteiger partial charge is 0.272 e. The van der Waals surface area contributed by atoms with Crippen molar-refractivity contribution in [3.05, 3.63) is 24.3 Å². The normalized spacial score (nSPS) is 12.8. The summed E-state index contributed by atoms with van der Waals surface area (Å²) in [6.45, 7) is 4.32. The Morgan fingerprint density at radius 1 is 1.05 bits per heavy atom. The average Bonchev–Trinajstić information content (AvgIpc) is 3.15. The number of aromatic nitrogens is 6. The van der Waals surface area contributed by atoms with Crippen molar-refractivity contribution in [3.63, 3.8) is 0 Å². The van der Waals surface area contributed by atoms with E-state index >= 15 is 0 Å². The second kappa shape index (κ2) is 4.29. The minimum absolute atomic E-state index is 0.0376. The zero-order valence-corrected chi connectivity index (χ0v) is 12.9. The van der Waals surface area contributed by atoms with Gasteiger partial charge in [-0.2, -0.15) is 4.52 Å². The quantitative estimate of drug-likeness (QED) is 0.565. The Hall–Kier alpha value is -2.42. The molecule has 0 fully saturated rings. The van der Waals surface area contributed by atoms with E-state index in [-0.39, 0.29) is 10.9 Å². The number of hydrogen-bond acceptors (Lipinski definition) is 5. The third-order valence-electron chi connectivity index (χ3n) is 3.81. The van der Waals surface area contributed by atoms with E-state index in [1.807, 2.05) is 40.2 Å². The van der Waals surface area contributed by atoms with Gasteiger partial charge in [-0.3, -0.25) is 0 Å². The fourth-order valence-corrected chi connectivity index (χ4v) is 3.53. The van der Waals surface area contributed by atoms with Gasteiger partial charge in [0.15, 0.2) is 0 Å². The lowest BCUT2D eigenvalue weighted by atomic mass is 10.3. The lowest BCUT2D eigenvalue weighted by Gasteiger charge is -1.99. The molecule has 114 valence electrons. The topological polar surface area (TPSA) is 86.6 Å². The number of imidazole rings is 1. The molecule has 9 heteroatoms. The summed E-state index contributed by atoms with van der Waals surface area (Å²) >= 11 is 0. The highest BCUT2D eigenvalue weighted by Crippen LogP contribution is 2.23. The number of rotatable bonds is 3. The van der Waals surface area contributed by atoms with Gasteiger partial charge in [0.1, 0.15) is 0 Å². The molecule has 0 aliphatic rings. The van der Waals surface area contributed by atoms with Crippen molar-refractivity contribution in [2.24, 2.45) is 0 Å². The molecular weight excluding hydrogens is 304 g/mol. The maximum atomic E-state index is 12.1. The maximum Gasteiger partial charge on any atom is 0.272 e. The predicted molar refractivity (Wildman–Crippen MR) is 80.6 cm³/mol. The van der Waals surface area contributed by atoms with Gasteiger partial charge in [0, 0.05) is 6.54 Å². The number of benzene rings is 1. The second-order valence-corrected chi connectivity index (χ2v) is 7.14. The van der Waals surface area contributed by atoms with E-state index in [1.54, 1.807) is 6.92 Å². The number of sulfone groups is 1. The molecule has 0 atom stereocenters. The second-order valence-electron chi connectivity index (χ2n) is 4.97. The van der Waals surface area contributed by atoms with Crippen LogP contribution in [0.15, 0.2) is 29.4 Å². The first-order chi connectivity index (χ1) is 10.6. The Labute approximate surface area is 125 Å². The molecule has 3 aromatic heterocycles. The Morgan fingerprint density at radius 3 is 2.45 bits per heavy atom. The zero-order valence-electron chi connectivity index (χ0n) is 12.1. The van der Waals surface area contributed by atoms with Crippen LogP contribution in [0.25, 0.3) is 22.6 Å². The van der Waals surface area contributed by atoms with E-state index in [0.717, 1.165) is 17.6 Å². The van der Waals surface area contributed by atoms with Crippen LogP contribution >= 0.6 is 0 Å². The molecule has 8 nitrogen and oxygen atoms in total. The van der Waals surface area contributed by atoms with Crippen molar-refractivity contribution in [2.45, 2.75) is 25.5 Å². The summed E-state index contributed by atoms with van der Waals surface area (Å²) in [6, 6.07) is 7.85. The first-order valence-corrected chi connectivity index (χ1v) is 8.67. The highest BCUT2D eigenvalue weighted by atomic mass is 32.2. The van der Waals surface area contributed by atoms with Gasteiger partial charge in [0.2, 0.25) is 15.6 Å². The lowest BCUT2D eigenvalue weighted by Crippen LogP contribution is -2.09. The summed E-state index contributed by atoms with van der Waals surface area (Å²) in [5, 5.41) is 12.2. The van der Waals surface area contributed by atoms with E-state index in [1.165, 1.54) is 4.52 Å². The molecule has 4 aromatic rings. The molecule has 1 aromatic carbocycles. The summed E-state index contributed by atoms with van der Waals surface area (Å²) in [5.41, 5.74) is 1.95. The Balaban J connectivity index is 2.21. The monoisotopic (exact) mass is 318 g/mol.